The number of amides is 1. The quantitative estimate of drug-likeness (QED) is 0.924. The lowest BCUT2D eigenvalue weighted by atomic mass is 9.91. The first-order valence-electron chi connectivity index (χ1n) is 6.66. The largest absolute Gasteiger partial charge is 0.479 e. The van der Waals surface area contributed by atoms with Crippen LogP contribution >= 0.6 is 11.8 Å². The van der Waals surface area contributed by atoms with Crippen LogP contribution in [0.25, 0.3) is 0 Å². The molecule has 1 aliphatic heterocycles. The average Bonchev–Trinajstić information content (AvgIpc) is 2.45. The van der Waals surface area contributed by atoms with Gasteiger partial charge in [0, 0.05) is 18.2 Å². The van der Waals surface area contributed by atoms with E-state index in [4.69, 9.17) is 0 Å². The molecule has 4 nitrogen and oxygen atoms in total. The van der Waals surface area contributed by atoms with E-state index in [1.807, 2.05) is 37.4 Å². The maximum atomic E-state index is 12.5. The maximum absolute atomic E-state index is 12.5. The fourth-order valence-corrected chi connectivity index (χ4v) is 3.32. The van der Waals surface area contributed by atoms with Crippen LogP contribution in [-0.4, -0.2) is 40.4 Å². The molecule has 0 saturated heterocycles. The summed E-state index contributed by atoms with van der Waals surface area (Å²) in [6.45, 7) is 2.34. The normalized spacial score (nSPS) is 19.3. The van der Waals surface area contributed by atoms with E-state index >= 15 is 0 Å². The molecule has 0 aromatic heterocycles. The minimum atomic E-state index is -0.957. The number of hydrogen-bond acceptors (Lipinski definition) is 3. The van der Waals surface area contributed by atoms with Gasteiger partial charge in [0.05, 0.1) is 0 Å². The Kier molecular flexibility index (Phi) is 4.70. The molecule has 0 radical (unpaired) electrons. The molecule has 0 fully saturated rings. The smallest absolute Gasteiger partial charge is 0.331 e. The Balaban J connectivity index is 2.31. The van der Waals surface area contributed by atoms with Crippen molar-refractivity contribution in [2.45, 2.75) is 19.4 Å². The Hall–Kier alpha value is -1.49. The number of thioether (sulfide) groups is 1. The minimum Gasteiger partial charge on any atom is -0.479 e. The molecular formula is C15H19NO3S. The van der Waals surface area contributed by atoms with Gasteiger partial charge in [0.2, 0.25) is 5.91 Å². The van der Waals surface area contributed by atoms with Gasteiger partial charge in [-0.25, -0.2) is 4.79 Å². The first-order chi connectivity index (χ1) is 9.56. The Morgan fingerprint density at radius 3 is 2.80 bits per heavy atom. The number of fused-ring (bicyclic) bond motifs is 1. The predicted octanol–water partition coefficient (Wildman–Crippen LogP) is 2.20. The molecule has 2 rings (SSSR count). The van der Waals surface area contributed by atoms with Crippen molar-refractivity contribution in [3.05, 3.63) is 35.4 Å². The lowest BCUT2D eigenvalue weighted by Crippen LogP contribution is -2.46. The molecule has 20 heavy (non-hydrogen) atoms. The molecule has 0 bridgehead atoms. The van der Waals surface area contributed by atoms with Gasteiger partial charge >= 0.3 is 5.97 Å². The van der Waals surface area contributed by atoms with Crippen molar-refractivity contribution in [3.8, 4) is 0 Å². The number of carboxylic acids is 1. The van der Waals surface area contributed by atoms with Crippen LogP contribution < -0.4 is 0 Å². The highest BCUT2D eigenvalue weighted by atomic mass is 32.2. The standard InChI is InChI=1S/C15H19NO3S/c1-10(9-20-2)14(17)16-8-7-11-5-3-4-6-12(11)13(16)15(18)19/h3-6,10,13H,7-9H2,1-2H3,(H,18,19). The Morgan fingerprint density at radius 2 is 2.15 bits per heavy atom. The molecule has 1 aromatic carbocycles. The van der Waals surface area contributed by atoms with Gasteiger partial charge in [-0.1, -0.05) is 31.2 Å². The van der Waals surface area contributed by atoms with Crippen molar-refractivity contribution in [2.24, 2.45) is 5.92 Å². The number of carboxylic acid groups (broad SMARTS) is 1. The SMILES string of the molecule is CSCC(C)C(=O)N1CCc2ccccc2C1C(=O)O. The van der Waals surface area contributed by atoms with Crippen LogP contribution in [0.4, 0.5) is 0 Å². The molecule has 1 aromatic rings. The van der Waals surface area contributed by atoms with Crippen LogP contribution in [0.5, 0.6) is 0 Å². The monoisotopic (exact) mass is 293 g/mol. The molecule has 5 heteroatoms. The van der Waals surface area contributed by atoms with Crippen molar-refractivity contribution in [1.82, 2.24) is 4.90 Å². The number of aliphatic carboxylic acids is 1. The highest BCUT2D eigenvalue weighted by Gasteiger charge is 2.36. The first kappa shape index (κ1) is 14.9. The number of benzene rings is 1. The van der Waals surface area contributed by atoms with E-state index in [0.717, 1.165) is 17.5 Å². The summed E-state index contributed by atoms with van der Waals surface area (Å²) in [6.07, 6.45) is 2.67. The number of hydrogen-bond donors (Lipinski definition) is 1. The molecule has 2 unspecified atom stereocenters. The van der Waals surface area contributed by atoms with Crippen molar-refractivity contribution in [2.75, 3.05) is 18.6 Å². The van der Waals surface area contributed by atoms with Crippen molar-refractivity contribution >= 4 is 23.6 Å². The van der Waals surface area contributed by atoms with Gasteiger partial charge in [-0.15, -0.1) is 0 Å². The molecule has 1 amide bonds. The Morgan fingerprint density at radius 1 is 1.45 bits per heavy atom. The van der Waals surface area contributed by atoms with Gasteiger partial charge in [0.1, 0.15) is 0 Å². The number of rotatable bonds is 4. The summed E-state index contributed by atoms with van der Waals surface area (Å²) in [5.74, 6) is -0.469. The minimum absolute atomic E-state index is 0.0683. The van der Waals surface area contributed by atoms with E-state index in [9.17, 15) is 14.7 Å². The fraction of sp³-hybridized carbons (Fsp3) is 0.467. The van der Waals surface area contributed by atoms with Crippen LogP contribution in [-0.2, 0) is 16.0 Å². The van der Waals surface area contributed by atoms with Crippen molar-refractivity contribution in [1.29, 1.82) is 0 Å². The van der Waals surface area contributed by atoms with E-state index in [-0.39, 0.29) is 11.8 Å². The third-order valence-corrected chi connectivity index (χ3v) is 4.47. The third-order valence-electron chi connectivity index (χ3n) is 3.64. The van der Waals surface area contributed by atoms with Gasteiger partial charge in [-0.3, -0.25) is 4.79 Å². The lowest BCUT2D eigenvalue weighted by molar-refractivity contribution is -0.152. The molecule has 1 heterocycles. The summed E-state index contributed by atoms with van der Waals surface area (Å²) in [5, 5.41) is 9.52. The van der Waals surface area contributed by atoms with Crippen molar-refractivity contribution < 1.29 is 14.7 Å². The first-order valence-corrected chi connectivity index (χ1v) is 8.05. The second-order valence-electron chi connectivity index (χ2n) is 5.08. The van der Waals surface area contributed by atoms with Crippen molar-refractivity contribution in [3.63, 3.8) is 0 Å². The second-order valence-corrected chi connectivity index (χ2v) is 5.99. The fourth-order valence-electron chi connectivity index (χ4n) is 2.67. The molecule has 1 N–H and O–H groups in total. The zero-order chi connectivity index (χ0) is 14.7. The maximum Gasteiger partial charge on any atom is 0.331 e. The van der Waals surface area contributed by atoms with Gasteiger partial charge in [0.25, 0.3) is 0 Å². The van der Waals surface area contributed by atoms with E-state index in [2.05, 4.69) is 0 Å². The lowest BCUT2D eigenvalue weighted by Gasteiger charge is -2.36. The third kappa shape index (κ3) is 2.82. The summed E-state index contributed by atoms with van der Waals surface area (Å²) in [6, 6.07) is 6.64. The zero-order valence-electron chi connectivity index (χ0n) is 11.7. The second kappa shape index (κ2) is 6.31. The van der Waals surface area contributed by atoms with Gasteiger partial charge in [-0.05, 0) is 23.8 Å². The van der Waals surface area contributed by atoms with Crippen LogP contribution in [0.2, 0.25) is 0 Å². The van der Waals surface area contributed by atoms with Gasteiger partial charge < -0.3 is 10.0 Å². The van der Waals surface area contributed by atoms with Crippen LogP contribution in [0, 0.1) is 5.92 Å². The van der Waals surface area contributed by atoms with E-state index in [0.29, 0.717) is 12.3 Å². The van der Waals surface area contributed by atoms with E-state index in [1.54, 1.807) is 11.8 Å². The average molecular weight is 293 g/mol. The summed E-state index contributed by atoms with van der Waals surface area (Å²) < 4.78 is 0. The number of nitrogens with zero attached hydrogens (tertiary/aromatic N) is 1. The summed E-state index contributed by atoms with van der Waals surface area (Å²) in [4.78, 5) is 25.6. The predicted molar refractivity (Wildman–Crippen MR) is 79.8 cm³/mol. The molecular weight excluding hydrogens is 274 g/mol. The number of carbonyl (C=O) groups is 2. The summed E-state index contributed by atoms with van der Waals surface area (Å²) in [5.41, 5.74) is 1.78. The zero-order valence-corrected chi connectivity index (χ0v) is 12.5. The topological polar surface area (TPSA) is 57.6 Å². The molecule has 2 atom stereocenters. The highest BCUT2D eigenvalue weighted by molar-refractivity contribution is 7.98. The number of carbonyl (C=O) groups excluding carboxylic acids is 1. The van der Waals surface area contributed by atoms with Gasteiger partial charge in [-0.2, -0.15) is 11.8 Å². The van der Waals surface area contributed by atoms with Crippen LogP contribution in [0.1, 0.15) is 24.1 Å². The van der Waals surface area contributed by atoms with E-state index < -0.39 is 12.0 Å². The highest BCUT2D eigenvalue weighted by Crippen LogP contribution is 2.31. The molecule has 108 valence electrons. The van der Waals surface area contributed by atoms with Gasteiger partial charge in [0.15, 0.2) is 6.04 Å². The van der Waals surface area contributed by atoms with Crippen LogP contribution in [0.15, 0.2) is 24.3 Å². The van der Waals surface area contributed by atoms with Crippen LogP contribution in [0.3, 0.4) is 0 Å². The summed E-state index contributed by atoms with van der Waals surface area (Å²) in [7, 11) is 0. The molecule has 0 aliphatic carbocycles. The molecule has 0 spiro atoms. The Labute approximate surface area is 123 Å². The summed E-state index contributed by atoms with van der Waals surface area (Å²) >= 11 is 1.60. The molecule has 0 saturated carbocycles. The Bertz CT molecular complexity index is 518. The molecule has 1 aliphatic rings. The van der Waals surface area contributed by atoms with E-state index in [1.165, 1.54) is 4.90 Å².